The van der Waals surface area contributed by atoms with E-state index in [1.54, 1.807) is 37.7 Å². The van der Waals surface area contributed by atoms with Gasteiger partial charge in [0.25, 0.3) is 5.91 Å². The standard InChI is InChI=1S/C21H25N3O5S2/c1-21(2)19(25)24(20(26)22-21)12-16(23-27)13-31(28,29)18-10-6-15(7-11-18)14-4-8-17(30-3)9-5-14/h4-11,16,23,27H,12-13H2,1-3H3,(H,22,26). The average molecular weight is 464 g/mol. The Labute approximate surface area is 185 Å². The highest BCUT2D eigenvalue weighted by Crippen LogP contribution is 2.25. The van der Waals surface area contributed by atoms with Crippen molar-refractivity contribution in [1.82, 2.24) is 15.7 Å². The first-order valence-electron chi connectivity index (χ1n) is 9.58. The Morgan fingerprint density at radius 3 is 2.06 bits per heavy atom. The molecule has 10 heteroatoms. The second kappa shape index (κ2) is 8.99. The van der Waals surface area contributed by atoms with E-state index in [0.29, 0.717) is 0 Å². The van der Waals surface area contributed by atoms with Gasteiger partial charge >= 0.3 is 6.03 Å². The molecule has 8 nitrogen and oxygen atoms in total. The van der Waals surface area contributed by atoms with E-state index in [4.69, 9.17) is 0 Å². The van der Waals surface area contributed by atoms with Crippen LogP contribution in [0.2, 0.25) is 0 Å². The van der Waals surface area contributed by atoms with Gasteiger partial charge < -0.3 is 10.5 Å². The zero-order chi connectivity index (χ0) is 22.8. The number of thioether (sulfide) groups is 1. The van der Waals surface area contributed by atoms with Gasteiger partial charge in [-0.2, -0.15) is 5.48 Å². The summed E-state index contributed by atoms with van der Waals surface area (Å²) in [5.74, 6) is -0.963. The van der Waals surface area contributed by atoms with Gasteiger partial charge in [-0.15, -0.1) is 11.8 Å². The summed E-state index contributed by atoms with van der Waals surface area (Å²) >= 11 is 1.64. The third-order valence-corrected chi connectivity index (χ3v) is 7.66. The van der Waals surface area contributed by atoms with Crippen molar-refractivity contribution in [3.8, 4) is 11.1 Å². The highest BCUT2D eigenvalue weighted by Gasteiger charge is 2.45. The second-order valence-corrected chi connectivity index (χ2v) is 10.7. The van der Waals surface area contributed by atoms with E-state index >= 15 is 0 Å². The van der Waals surface area contributed by atoms with Crippen LogP contribution in [0, 0.1) is 0 Å². The van der Waals surface area contributed by atoms with E-state index < -0.39 is 39.1 Å². The first-order chi connectivity index (χ1) is 14.6. The van der Waals surface area contributed by atoms with E-state index in [0.717, 1.165) is 20.9 Å². The van der Waals surface area contributed by atoms with E-state index in [1.165, 1.54) is 12.1 Å². The minimum Gasteiger partial charge on any atom is -0.324 e. The lowest BCUT2D eigenvalue weighted by molar-refractivity contribution is -0.130. The SMILES string of the molecule is CSc1ccc(-c2ccc(S(=O)(=O)CC(CN3C(=O)NC(C)(C)C3=O)NO)cc2)cc1. The molecule has 0 saturated carbocycles. The van der Waals surface area contributed by atoms with Crippen LogP contribution in [-0.2, 0) is 14.6 Å². The van der Waals surface area contributed by atoms with Crippen LogP contribution in [-0.4, -0.2) is 60.6 Å². The van der Waals surface area contributed by atoms with Crippen molar-refractivity contribution in [2.24, 2.45) is 0 Å². The van der Waals surface area contributed by atoms with Gasteiger partial charge in [-0.3, -0.25) is 9.69 Å². The van der Waals surface area contributed by atoms with Gasteiger partial charge in [-0.1, -0.05) is 24.3 Å². The molecule has 1 atom stereocenters. The smallest absolute Gasteiger partial charge is 0.324 e. The number of nitrogens with zero attached hydrogens (tertiary/aromatic N) is 1. The third-order valence-electron chi connectivity index (χ3n) is 5.09. The minimum absolute atomic E-state index is 0.0924. The molecule has 3 amide bonds. The average Bonchev–Trinajstić information content (AvgIpc) is 2.94. The van der Waals surface area contributed by atoms with E-state index in [1.807, 2.05) is 36.0 Å². The fourth-order valence-corrected chi connectivity index (χ4v) is 5.20. The molecule has 0 aliphatic carbocycles. The summed E-state index contributed by atoms with van der Waals surface area (Å²) in [7, 11) is -3.78. The van der Waals surface area contributed by atoms with Crippen LogP contribution in [0.3, 0.4) is 0 Å². The van der Waals surface area contributed by atoms with Gasteiger partial charge in [0.2, 0.25) is 0 Å². The largest absolute Gasteiger partial charge is 0.325 e. The van der Waals surface area contributed by atoms with Gasteiger partial charge in [-0.05, 0) is 55.5 Å². The van der Waals surface area contributed by atoms with Crippen LogP contribution >= 0.6 is 11.8 Å². The summed E-state index contributed by atoms with van der Waals surface area (Å²) in [6.45, 7) is 2.84. The number of hydroxylamine groups is 1. The summed E-state index contributed by atoms with van der Waals surface area (Å²) in [6.07, 6.45) is 2.00. The molecule has 1 heterocycles. The number of hydrogen-bond acceptors (Lipinski definition) is 7. The second-order valence-electron chi connectivity index (χ2n) is 7.83. The van der Waals surface area contributed by atoms with Gasteiger partial charge in [-0.25, -0.2) is 13.2 Å². The number of hydrogen-bond donors (Lipinski definition) is 3. The molecule has 3 rings (SSSR count). The number of imide groups is 1. The van der Waals surface area contributed by atoms with E-state index in [-0.39, 0.29) is 11.4 Å². The molecule has 2 aromatic carbocycles. The molecule has 0 aromatic heterocycles. The molecule has 1 aliphatic rings. The Bertz CT molecular complexity index is 1070. The van der Waals surface area contributed by atoms with Crippen molar-refractivity contribution in [2.45, 2.75) is 35.2 Å². The summed E-state index contributed by atoms with van der Waals surface area (Å²) in [5, 5.41) is 12.0. The summed E-state index contributed by atoms with van der Waals surface area (Å²) < 4.78 is 25.7. The number of nitrogens with one attached hydrogen (secondary N) is 2. The summed E-state index contributed by atoms with van der Waals surface area (Å²) in [4.78, 5) is 26.5. The Kier molecular flexibility index (Phi) is 6.75. The molecule has 1 aliphatic heterocycles. The molecular formula is C21H25N3O5S2. The summed E-state index contributed by atoms with van der Waals surface area (Å²) in [5.41, 5.74) is 2.70. The van der Waals surface area contributed by atoms with Crippen molar-refractivity contribution < 1.29 is 23.2 Å². The quantitative estimate of drug-likeness (QED) is 0.313. The van der Waals surface area contributed by atoms with E-state index in [9.17, 15) is 23.2 Å². The van der Waals surface area contributed by atoms with Crippen LogP contribution in [0.4, 0.5) is 4.79 Å². The maximum atomic E-state index is 12.8. The number of carbonyl (C=O) groups is 2. The number of urea groups is 1. The lowest BCUT2D eigenvalue weighted by Gasteiger charge is -2.21. The first kappa shape index (κ1) is 23.3. The summed E-state index contributed by atoms with van der Waals surface area (Å²) in [6, 6.07) is 12.8. The van der Waals surface area contributed by atoms with Crippen LogP contribution < -0.4 is 10.8 Å². The van der Waals surface area contributed by atoms with Crippen LogP contribution in [0.25, 0.3) is 11.1 Å². The molecule has 0 radical (unpaired) electrons. The van der Waals surface area contributed by atoms with Crippen molar-refractivity contribution in [2.75, 3.05) is 18.6 Å². The molecule has 0 spiro atoms. The fraction of sp³-hybridized carbons (Fsp3) is 0.333. The predicted molar refractivity (Wildman–Crippen MR) is 119 cm³/mol. The Hall–Kier alpha value is -2.40. The molecule has 2 aromatic rings. The molecule has 31 heavy (non-hydrogen) atoms. The monoisotopic (exact) mass is 463 g/mol. The molecule has 1 fully saturated rings. The molecular weight excluding hydrogens is 438 g/mol. The number of sulfone groups is 1. The maximum absolute atomic E-state index is 12.8. The molecule has 166 valence electrons. The van der Waals surface area contributed by atoms with Crippen molar-refractivity contribution >= 4 is 33.5 Å². The van der Waals surface area contributed by atoms with Crippen LogP contribution in [0.1, 0.15) is 13.8 Å². The zero-order valence-electron chi connectivity index (χ0n) is 17.5. The highest BCUT2D eigenvalue weighted by atomic mass is 32.2. The van der Waals surface area contributed by atoms with Gasteiger partial charge in [0.1, 0.15) is 5.54 Å². The molecule has 3 N–H and O–H groups in total. The van der Waals surface area contributed by atoms with Gasteiger partial charge in [0.15, 0.2) is 9.84 Å². The first-order valence-corrected chi connectivity index (χ1v) is 12.5. The highest BCUT2D eigenvalue weighted by molar-refractivity contribution is 7.98. The topological polar surface area (TPSA) is 116 Å². The van der Waals surface area contributed by atoms with Crippen molar-refractivity contribution in [3.63, 3.8) is 0 Å². The third kappa shape index (κ3) is 5.09. The van der Waals surface area contributed by atoms with Crippen molar-refractivity contribution in [1.29, 1.82) is 0 Å². The minimum atomic E-state index is -3.78. The fourth-order valence-electron chi connectivity index (χ4n) is 3.33. The van der Waals surface area contributed by atoms with Gasteiger partial charge in [0, 0.05) is 11.4 Å². The number of amides is 3. The molecule has 1 saturated heterocycles. The van der Waals surface area contributed by atoms with Crippen LogP contribution in [0.5, 0.6) is 0 Å². The normalized spacial score (nSPS) is 17.0. The zero-order valence-corrected chi connectivity index (χ0v) is 19.1. The number of benzene rings is 2. The molecule has 1 unspecified atom stereocenters. The Morgan fingerprint density at radius 2 is 1.61 bits per heavy atom. The predicted octanol–water partition coefficient (Wildman–Crippen LogP) is 2.53. The maximum Gasteiger partial charge on any atom is 0.325 e. The van der Waals surface area contributed by atoms with Crippen LogP contribution in [0.15, 0.2) is 58.3 Å². The Morgan fingerprint density at radius 1 is 1.06 bits per heavy atom. The number of carbonyl (C=O) groups excluding carboxylic acids is 2. The Balaban J connectivity index is 1.73. The number of rotatable bonds is 8. The van der Waals surface area contributed by atoms with Crippen molar-refractivity contribution in [3.05, 3.63) is 48.5 Å². The van der Waals surface area contributed by atoms with Gasteiger partial charge in [0.05, 0.1) is 16.7 Å². The lowest BCUT2D eigenvalue weighted by Crippen LogP contribution is -2.47. The molecule has 0 bridgehead atoms. The van der Waals surface area contributed by atoms with E-state index in [2.05, 4.69) is 5.32 Å². The lowest BCUT2D eigenvalue weighted by atomic mass is 10.1.